The van der Waals surface area contributed by atoms with Crippen molar-refractivity contribution in [2.45, 2.75) is 52.5 Å². The highest BCUT2D eigenvalue weighted by atomic mass is 19.1. The maximum atomic E-state index is 13.8. The minimum Gasteiger partial charge on any atom is -0.383 e. The number of nitrogen functional groups attached to an aromatic ring is 1. The number of anilines is 2. The van der Waals surface area contributed by atoms with Gasteiger partial charge in [-0.2, -0.15) is 0 Å². The maximum absolute atomic E-state index is 13.8. The van der Waals surface area contributed by atoms with Gasteiger partial charge in [0.25, 0.3) is 5.56 Å². The number of halogens is 1. The van der Waals surface area contributed by atoms with Gasteiger partial charge in [0.15, 0.2) is 5.69 Å². The molecule has 28 heavy (non-hydrogen) atoms. The van der Waals surface area contributed by atoms with Crippen LogP contribution in [0, 0.1) is 5.82 Å². The number of aryl methyl sites for hydroxylation is 1. The third-order valence-electron chi connectivity index (χ3n) is 4.53. The van der Waals surface area contributed by atoms with Crippen LogP contribution in [-0.4, -0.2) is 22.0 Å². The van der Waals surface area contributed by atoms with E-state index in [0.29, 0.717) is 31.5 Å². The SMILES string of the molecule is CCCCN(C(=O)CCc1ccccc1F)c1c(N)n(CCC)c(=O)[nH]c1=O. The number of H-pyrrole nitrogens is 1. The van der Waals surface area contributed by atoms with Gasteiger partial charge in [-0.25, -0.2) is 9.18 Å². The van der Waals surface area contributed by atoms with E-state index in [-0.39, 0.29) is 36.1 Å². The zero-order valence-corrected chi connectivity index (χ0v) is 16.3. The third-order valence-corrected chi connectivity index (χ3v) is 4.53. The molecule has 0 bridgehead atoms. The van der Waals surface area contributed by atoms with Crippen LogP contribution in [0.3, 0.4) is 0 Å². The molecule has 0 unspecified atom stereocenters. The lowest BCUT2D eigenvalue weighted by molar-refractivity contribution is -0.118. The molecule has 0 aliphatic heterocycles. The van der Waals surface area contributed by atoms with Crippen molar-refractivity contribution < 1.29 is 9.18 Å². The number of carbonyl (C=O) groups excluding carboxylic acids is 1. The Morgan fingerprint density at radius 3 is 2.57 bits per heavy atom. The monoisotopic (exact) mass is 390 g/mol. The van der Waals surface area contributed by atoms with Gasteiger partial charge < -0.3 is 10.6 Å². The molecule has 2 aromatic rings. The van der Waals surface area contributed by atoms with E-state index >= 15 is 0 Å². The zero-order chi connectivity index (χ0) is 20.7. The fourth-order valence-corrected chi connectivity index (χ4v) is 3.04. The van der Waals surface area contributed by atoms with Crippen LogP contribution in [0.5, 0.6) is 0 Å². The number of hydrogen-bond donors (Lipinski definition) is 2. The van der Waals surface area contributed by atoms with Gasteiger partial charge in [-0.15, -0.1) is 0 Å². The van der Waals surface area contributed by atoms with E-state index in [1.807, 2.05) is 13.8 Å². The number of unbranched alkanes of at least 4 members (excludes halogenated alkanes) is 1. The summed E-state index contributed by atoms with van der Waals surface area (Å²) in [5.74, 6) is -0.731. The summed E-state index contributed by atoms with van der Waals surface area (Å²) < 4.78 is 15.1. The molecule has 1 amide bonds. The molecule has 152 valence electrons. The molecule has 7 nitrogen and oxygen atoms in total. The first-order valence-corrected chi connectivity index (χ1v) is 9.57. The van der Waals surface area contributed by atoms with E-state index in [2.05, 4.69) is 4.98 Å². The Kier molecular flexibility index (Phi) is 7.54. The zero-order valence-electron chi connectivity index (χ0n) is 16.3. The summed E-state index contributed by atoms with van der Waals surface area (Å²) >= 11 is 0. The standard InChI is InChI=1S/C20H27FN4O3/c1-3-5-13-24(16(26)11-10-14-8-6-7-9-15(14)21)17-18(22)25(12-4-2)20(28)23-19(17)27/h6-9H,3-5,10-13,22H2,1-2H3,(H,23,27,28). The van der Waals surface area contributed by atoms with Gasteiger partial charge in [0.1, 0.15) is 11.6 Å². The summed E-state index contributed by atoms with van der Waals surface area (Å²) in [6, 6.07) is 6.27. The molecule has 1 heterocycles. The fourth-order valence-electron chi connectivity index (χ4n) is 3.04. The lowest BCUT2D eigenvalue weighted by Gasteiger charge is -2.24. The third kappa shape index (κ3) is 4.88. The second-order valence-electron chi connectivity index (χ2n) is 6.64. The Morgan fingerprint density at radius 2 is 1.93 bits per heavy atom. The summed E-state index contributed by atoms with van der Waals surface area (Å²) in [5.41, 5.74) is 5.24. The van der Waals surface area contributed by atoms with E-state index in [1.54, 1.807) is 18.2 Å². The van der Waals surface area contributed by atoms with Gasteiger partial charge in [-0.05, 0) is 30.9 Å². The van der Waals surface area contributed by atoms with Gasteiger partial charge in [0.05, 0.1) is 0 Å². The number of rotatable bonds is 9. The molecule has 0 radical (unpaired) electrons. The first-order chi connectivity index (χ1) is 13.4. The molecule has 0 saturated heterocycles. The van der Waals surface area contributed by atoms with Crippen molar-refractivity contribution >= 4 is 17.4 Å². The van der Waals surface area contributed by atoms with Crippen molar-refractivity contribution in [3.05, 3.63) is 56.5 Å². The van der Waals surface area contributed by atoms with Crippen molar-refractivity contribution in [3.63, 3.8) is 0 Å². The average molecular weight is 390 g/mol. The minimum absolute atomic E-state index is 0.0139. The first kappa shape index (κ1) is 21.4. The molecule has 1 aromatic heterocycles. The van der Waals surface area contributed by atoms with Crippen molar-refractivity contribution in [1.29, 1.82) is 0 Å². The topological polar surface area (TPSA) is 101 Å². The average Bonchev–Trinajstić information content (AvgIpc) is 2.66. The Morgan fingerprint density at radius 1 is 1.21 bits per heavy atom. The largest absolute Gasteiger partial charge is 0.383 e. The predicted molar refractivity (Wildman–Crippen MR) is 108 cm³/mol. The van der Waals surface area contributed by atoms with Crippen LogP contribution in [-0.2, 0) is 17.8 Å². The molecule has 0 fully saturated rings. The normalized spacial score (nSPS) is 10.8. The highest BCUT2D eigenvalue weighted by Gasteiger charge is 2.23. The van der Waals surface area contributed by atoms with Gasteiger partial charge in [-0.1, -0.05) is 38.5 Å². The van der Waals surface area contributed by atoms with E-state index in [9.17, 15) is 18.8 Å². The molecule has 0 aliphatic carbocycles. The minimum atomic E-state index is -0.690. The summed E-state index contributed by atoms with van der Waals surface area (Å²) in [4.78, 5) is 41.0. The summed E-state index contributed by atoms with van der Waals surface area (Å²) in [6.07, 6.45) is 2.35. The number of aromatic amines is 1. The van der Waals surface area contributed by atoms with E-state index < -0.39 is 11.2 Å². The molecular formula is C20H27FN4O3. The quantitative estimate of drug-likeness (QED) is 0.687. The Bertz CT molecular complexity index is 936. The summed E-state index contributed by atoms with van der Waals surface area (Å²) in [7, 11) is 0. The van der Waals surface area contributed by atoms with E-state index in [1.165, 1.54) is 15.5 Å². The van der Waals surface area contributed by atoms with Crippen molar-refractivity contribution in [2.75, 3.05) is 17.2 Å². The molecule has 0 spiro atoms. The summed E-state index contributed by atoms with van der Waals surface area (Å²) in [5, 5.41) is 0. The Hall–Kier alpha value is -2.90. The number of aromatic nitrogens is 2. The predicted octanol–water partition coefficient (Wildman–Crippen LogP) is 2.43. The second-order valence-corrected chi connectivity index (χ2v) is 6.64. The Balaban J connectivity index is 2.36. The molecule has 0 atom stereocenters. The van der Waals surface area contributed by atoms with Gasteiger partial charge >= 0.3 is 5.69 Å². The molecular weight excluding hydrogens is 363 g/mol. The number of nitrogens with zero attached hydrogens (tertiary/aromatic N) is 2. The smallest absolute Gasteiger partial charge is 0.330 e. The number of hydrogen-bond acceptors (Lipinski definition) is 4. The first-order valence-electron chi connectivity index (χ1n) is 9.57. The number of benzene rings is 1. The van der Waals surface area contributed by atoms with Gasteiger partial charge in [0.2, 0.25) is 5.91 Å². The fraction of sp³-hybridized carbons (Fsp3) is 0.450. The molecule has 2 rings (SSSR count). The summed E-state index contributed by atoms with van der Waals surface area (Å²) in [6.45, 7) is 4.47. The molecule has 0 saturated carbocycles. The lowest BCUT2D eigenvalue weighted by Crippen LogP contribution is -2.41. The van der Waals surface area contributed by atoms with E-state index in [0.717, 1.165) is 6.42 Å². The molecule has 8 heteroatoms. The van der Waals surface area contributed by atoms with Crippen molar-refractivity contribution in [1.82, 2.24) is 9.55 Å². The van der Waals surface area contributed by atoms with Crippen LogP contribution in [0.4, 0.5) is 15.9 Å². The van der Waals surface area contributed by atoms with Crippen LogP contribution in [0.25, 0.3) is 0 Å². The molecule has 0 aliphatic rings. The number of amides is 1. The number of nitrogens with one attached hydrogen (secondary N) is 1. The maximum Gasteiger partial charge on any atom is 0.330 e. The lowest BCUT2D eigenvalue weighted by atomic mass is 10.1. The second kappa shape index (κ2) is 9.87. The van der Waals surface area contributed by atoms with Gasteiger partial charge in [-0.3, -0.25) is 19.1 Å². The van der Waals surface area contributed by atoms with Gasteiger partial charge in [0, 0.05) is 19.5 Å². The van der Waals surface area contributed by atoms with Crippen molar-refractivity contribution in [3.8, 4) is 0 Å². The van der Waals surface area contributed by atoms with Crippen LogP contribution < -0.4 is 21.9 Å². The van der Waals surface area contributed by atoms with Crippen LogP contribution in [0.2, 0.25) is 0 Å². The van der Waals surface area contributed by atoms with Crippen LogP contribution >= 0.6 is 0 Å². The molecule has 3 N–H and O–H groups in total. The van der Waals surface area contributed by atoms with E-state index in [4.69, 9.17) is 5.73 Å². The van der Waals surface area contributed by atoms with Crippen LogP contribution in [0.1, 0.15) is 45.1 Å². The molecule has 1 aromatic carbocycles. The van der Waals surface area contributed by atoms with Crippen molar-refractivity contribution in [2.24, 2.45) is 0 Å². The van der Waals surface area contributed by atoms with Crippen LogP contribution in [0.15, 0.2) is 33.9 Å². The Labute approximate surface area is 163 Å². The highest BCUT2D eigenvalue weighted by Crippen LogP contribution is 2.20. The number of nitrogens with two attached hydrogens (primary N) is 1. The highest BCUT2D eigenvalue weighted by molar-refractivity contribution is 5.95. The number of carbonyl (C=O) groups is 1.